The zero-order valence-corrected chi connectivity index (χ0v) is 18.0. The molecular formula is C23H37NO5. The first kappa shape index (κ1) is 25.0. The number of amides is 1. The second-order valence-corrected chi connectivity index (χ2v) is 7.16. The van der Waals surface area contributed by atoms with E-state index < -0.39 is 18.1 Å². The van der Waals surface area contributed by atoms with Gasteiger partial charge in [0, 0.05) is 13.5 Å². The average Bonchev–Trinajstić information content (AvgIpc) is 2.73. The Bertz CT molecular complexity index is 549. The summed E-state index contributed by atoms with van der Waals surface area (Å²) < 4.78 is 15.3. The van der Waals surface area contributed by atoms with Crippen molar-refractivity contribution < 1.29 is 23.8 Å². The van der Waals surface area contributed by atoms with Crippen molar-refractivity contribution in [2.24, 2.45) is 0 Å². The van der Waals surface area contributed by atoms with Gasteiger partial charge in [-0.1, -0.05) is 82.2 Å². The summed E-state index contributed by atoms with van der Waals surface area (Å²) in [6.07, 6.45) is 9.16. The van der Waals surface area contributed by atoms with Crippen LogP contribution in [0.15, 0.2) is 30.3 Å². The molecule has 0 bridgehead atoms. The lowest BCUT2D eigenvalue weighted by molar-refractivity contribution is -0.146. The van der Waals surface area contributed by atoms with E-state index in [0.717, 1.165) is 18.4 Å². The Labute approximate surface area is 175 Å². The van der Waals surface area contributed by atoms with Crippen molar-refractivity contribution in [3.8, 4) is 0 Å². The summed E-state index contributed by atoms with van der Waals surface area (Å²) in [5.74, 6) is -0.430. The summed E-state index contributed by atoms with van der Waals surface area (Å²) >= 11 is 0. The van der Waals surface area contributed by atoms with E-state index in [4.69, 9.17) is 14.2 Å². The molecule has 1 atom stereocenters. The topological polar surface area (TPSA) is 73.9 Å². The van der Waals surface area contributed by atoms with Crippen molar-refractivity contribution in [2.45, 2.75) is 70.8 Å². The van der Waals surface area contributed by atoms with Crippen LogP contribution in [0.4, 0.5) is 4.79 Å². The smallest absolute Gasteiger partial charge is 0.407 e. The van der Waals surface area contributed by atoms with E-state index in [2.05, 4.69) is 12.2 Å². The molecule has 1 rings (SSSR count). The monoisotopic (exact) mass is 407 g/mol. The van der Waals surface area contributed by atoms with Crippen molar-refractivity contribution in [3.63, 3.8) is 0 Å². The molecule has 6 nitrogen and oxygen atoms in total. The van der Waals surface area contributed by atoms with Gasteiger partial charge in [0.25, 0.3) is 0 Å². The number of hydrogen-bond donors (Lipinski definition) is 1. The Hall–Kier alpha value is -2.08. The van der Waals surface area contributed by atoms with E-state index in [1.807, 2.05) is 30.3 Å². The molecule has 0 aliphatic rings. The normalized spacial score (nSPS) is 11.7. The molecule has 0 radical (unpaired) electrons. The standard InChI is InChI=1S/C23H37NO5/c1-3-4-5-6-7-8-9-13-16-28-22(25)21(19-20-14-11-10-12-15-20)24-23(26)29-18-17-27-2/h10-12,14-15,21H,3-9,13,16-19H2,1-2H3,(H,24,26). The second kappa shape index (κ2) is 16.8. The maximum absolute atomic E-state index is 12.5. The first-order chi connectivity index (χ1) is 14.2. The molecule has 1 amide bonds. The van der Waals surface area contributed by atoms with E-state index in [1.54, 1.807) is 0 Å². The molecule has 29 heavy (non-hydrogen) atoms. The number of carbonyl (C=O) groups is 2. The summed E-state index contributed by atoms with van der Waals surface area (Å²) in [5, 5.41) is 2.61. The number of methoxy groups -OCH3 is 1. The fourth-order valence-corrected chi connectivity index (χ4v) is 2.95. The van der Waals surface area contributed by atoms with Crippen molar-refractivity contribution in [1.29, 1.82) is 0 Å². The summed E-state index contributed by atoms with van der Waals surface area (Å²) in [5.41, 5.74) is 0.943. The predicted molar refractivity (Wildman–Crippen MR) is 114 cm³/mol. The Kier molecular flexibility index (Phi) is 14.5. The largest absolute Gasteiger partial charge is 0.464 e. The first-order valence-corrected chi connectivity index (χ1v) is 10.8. The van der Waals surface area contributed by atoms with E-state index in [0.29, 0.717) is 19.6 Å². The van der Waals surface area contributed by atoms with Crippen LogP contribution in [0.1, 0.15) is 63.9 Å². The van der Waals surface area contributed by atoms with Gasteiger partial charge in [-0.25, -0.2) is 9.59 Å². The third-order valence-corrected chi connectivity index (χ3v) is 4.62. The molecule has 0 heterocycles. The Morgan fingerprint density at radius 1 is 0.862 bits per heavy atom. The number of carbonyl (C=O) groups excluding carboxylic acids is 2. The summed E-state index contributed by atoms with van der Waals surface area (Å²) in [7, 11) is 1.53. The van der Waals surface area contributed by atoms with Gasteiger partial charge in [0.2, 0.25) is 0 Å². The highest BCUT2D eigenvalue weighted by Gasteiger charge is 2.23. The zero-order chi connectivity index (χ0) is 21.2. The molecule has 1 unspecified atom stereocenters. The third-order valence-electron chi connectivity index (χ3n) is 4.62. The number of unbranched alkanes of at least 4 members (excludes halogenated alkanes) is 7. The van der Waals surface area contributed by atoms with Crippen LogP contribution in [0, 0.1) is 0 Å². The SMILES string of the molecule is CCCCCCCCCCOC(=O)C(Cc1ccccc1)NC(=O)OCCOC. The zero-order valence-electron chi connectivity index (χ0n) is 18.0. The first-order valence-electron chi connectivity index (χ1n) is 10.8. The maximum Gasteiger partial charge on any atom is 0.407 e. The number of ether oxygens (including phenoxy) is 3. The highest BCUT2D eigenvalue weighted by molar-refractivity contribution is 5.81. The van der Waals surface area contributed by atoms with Gasteiger partial charge in [0.1, 0.15) is 12.6 Å². The van der Waals surface area contributed by atoms with Gasteiger partial charge in [-0.3, -0.25) is 0 Å². The van der Waals surface area contributed by atoms with Crippen molar-refractivity contribution >= 4 is 12.1 Å². The van der Waals surface area contributed by atoms with Crippen molar-refractivity contribution in [1.82, 2.24) is 5.32 Å². The molecule has 1 aromatic rings. The third kappa shape index (κ3) is 12.9. The van der Waals surface area contributed by atoms with Gasteiger partial charge < -0.3 is 19.5 Å². The quantitative estimate of drug-likeness (QED) is 0.319. The van der Waals surface area contributed by atoms with Crippen LogP contribution in [-0.2, 0) is 25.4 Å². The lowest BCUT2D eigenvalue weighted by atomic mass is 10.1. The predicted octanol–water partition coefficient (Wildman–Crippen LogP) is 4.65. The minimum atomic E-state index is -0.776. The fourth-order valence-electron chi connectivity index (χ4n) is 2.95. The molecule has 0 aromatic heterocycles. The molecule has 0 saturated carbocycles. The van der Waals surface area contributed by atoms with Crippen LogP contribution in [-0.4, -0.2) is 45.0 Å². The molecule has 0 aliphatic carbocycles. The molecule has 164 valence electrons. The van der Waals surface area contributed by atoms with Crippen molar-refractivity contribution in [2.75, 3.05) is 26.9 Å². The van der Waals surface area contributed by atoms with Crippen LogP contribution in [0.5, 0.6) is 0 Å². The highest BCUT2D eigenvalue weighted by Crippen LogP contribution is 2.09. The van der Waals surface area contributed by atoms with Gasteiger partial charge in [-0.15, -0.1) is 0 Å². The molecule has 0 spiro atoms. The lowest BCUT2D eigenvalue weighted by Gasteiger charge is -2.18. The van der Waals surface area contributed by atoms with Crippen LogP contribution < -0.4 is 5.32 Å². The molecule has 1 aromatic carbocycles. The second-order valence-electron chi connectivity index (χ2n) is 7.16. The van der Waals surface area contributed by atoms with Gasteiger partial charge >= 0.3 is 12.1 Å². The number of esters is 1. The number of nitrogens with one attached hydrogen (secondary N) is 1. The number of hydrogen-bond acceptors (Lipinski definition) is 5. The lowest BCUT2D eigenvalue weighted by Crippen LogP contribution is -2.44. The molecule has 0 fully saturated rings. The number of rotatable bonds is 16. The van der Waals surface area contributed by atoms with Crippen LogP contribution >= 0.6 is 0 Å². The number of benzene rings is 1. The Morgan fingerprint density at radius 3 is 2.17 bits per heavy atom. The maximum atomic E-state index is 12.5. The summed E-state index contributed by atoms with van der Waals surface area (Å²) in [6.45, 7) is 3.03. The Morgan fingerprint density at radius 2 is 1.52 bits per heavy atom. The summed E-state index contributed by atoms with van der Waals surface area (Å²) in [4.78, 5) is 24.5. The van der Waals surface area contributed by atoms with E-state index in [9.17, 15) is 9.59 Å². The van der Waals surface area contributed by atoms with E-state index in [1.165, 1.54) is 45.6 Å². The summed E-state index contributed by atoms with van der Waals surface area (Å²) in [6, 6.07) is 8.75. The van der Waals surface area contributed by atoms with Crippen molar-refractivity contribution in [3.05, 3.63) is 35.9 Å². The molecule has 1 N–H and O–H groups in total. The molecule has 6 heteroatoms. The molecule has 0 aliphatic heterocycles. The minimum absolute atomic E-state index is 0.133. The Balaban J connectivity index is 2.37. The highest BCUT2D eigenvalue weighted by atomic mass is 16.6. The van der Waals surface area contributed by atoms with Gasteiger partial charge in [-0.2, -0.15) is 0 Å². The van der Waals surface area contributed by atoms with E-state index >= 15 is 0 Å². The van der Waals surface area contributed by atoms with Gasteiger partial charge in [0.15, 0.2) is 0 Å². The van der Waals surface area contributed by atoms with Gasteiger partial charge in [0.05, 0.1) is 13.2 Å². The number of alkyl carbamates (subject to hydrolysis) is 1. The van der Waals surface area contributed by atoms with E-state index in [-0.39, 0.29) is 6.61 Å². The van der Waals surface area contributed by atoms with Crippen LogP contribution in [0.2, 0.25) is 0 Å². The minimum Gasteiger partial charge on any atom is -0.464 e. The van der Waals surface area contributed by atoms with Gasteiger partial charge in [-0.05, 0) is 12.0 Å². The fraction of sp³-hybridized carbons (Fsp3) is 0.652. The molecule has 0 saturated heterocycles. The average molecular weight is 408 g/mol. The molecular weight excluding hydrogens is 370 g/mol. The van der Waals surface area contributed by atoms with Crippen LogP contribution in [0.3, 0.4) is 0 Å². The van der Waals surface area contributed by atoms with Crippen LogP contribution in [0.25, 0.3) is 0 Å².